The Bertz CT molecular complexity index is 1350. The number of nitrogens with zero attached hydrogens (tertiary/aromatic N) is 3. The van der Waals surface area contributed by atoms with Crippen LogP contribution < -0.4 is 5.63 Å². The summed E-state index contributed by atoms with van der Waals surface area (Å²) >= 11 is 0. The molecule has 0 aliphatic rings. The number of rotatable bonds is 6. The highest BCUT2D eigenvalue weighted by Crippen LogP contribution is 2.21. The van der Waals surface area contributed by atoms with Crippen molar-refractivity contribution in [2.75, 3.05) is 0 Å². The Morgan fingerprint density at radius 2 is 1.97 bits per heavy atom. The number of aryl methyl sites for hydroxylation is 4. The van der Waals surface area contributed by atoms with Crippen molar-refractivity contribution in [3.63, 3.8) is 0 Å². The van der Waals surface area contributed by atoms with Crippen LogP contribution in [0.25, 0.3) is 16.6 Å². The molecule has 4 aromatic rings. The van der Waals surface area contributed by atoms with Crippen LogP contribution in [-0.2, 0) is 29.0 Å². The second-order valence-electron chi connectivity index (χ2n) is 7.75. The molecule has 0 spiro atoms. The number of benzene rings is 1. The maximum atomic E-state index is 12.4. The lowest BCUT2D eigenvalue weighted by Crippen LogP contribution is -2.11. The molecule has 0 aliphatic carbocycles. The average molecular weight is 419 g/mol. The lowest BCUT2D eigenvalue weighted by atomic mass is 10.1. The van der Waals surface area contributed by atoms with Gasteiger partial charge in [0.2, 0.25) is 0 Å². The first-order chi connectivity index (χ1) is 14.9. The van der Waals surface area contributed by atoms with Crippen molar-refractivity contribution in [2.45, 2.75) is 53.6 Å². The maximum Gasteiger partial charge on any atom is 0.336 e. The van der Waals surface area contributed by atoms with Gasteiger partial charge in [0, 0.05) is 40.9 Å². The topological polar surface area (TPSA) is 86.7 Å². The third kappa shape index (κ3) is 4.21. The minimum Gasteiger partial charge on any atom is -0.461 e. The lowest BCUT2D eigenvalue weighted by Gasteiger charge is -2.11. The van der Waals surface area contributed by atoms with Gasteiger partial charge in [0.05, 0.1) is 5.69 Å². The minimum atomic E-state index is -0.452. The van der Waals surface area contributed by atoms with Gasteiger partial charge in [-0.25, -0.2) is 14.3 Å². The summed E-state index contributed by atoms with van der Waals surface area (Å²) in [4.78, 5) is 28.9. The van der Waals surface area contributed by atoms with E-state index in [4.69, 9.17) is 9.15 Å². The maximum absolute atomic E-state index is 12.4. The molecule has 0 saturated heterocycles. The third-order valence-corrected chi connectivity index (χ3v) is 5.56. The van der Waals surface area contributed by atoms with E-state index in [0.29, 0.717) is 17.6 Å². The van der Waals surface area contributed by atoms with E-state index in [1.807, 2.05) is 56.5 Å². The van der Waals surface area contributed by atoms with Crippen LogP contribution >= 0.6 is 0 Å². The normalized spacial score (nSPS) is 11.4. The van der Waals surface area contributed by atoms with E-state index in [0.717, 1.165) is 45.7 Å². The molecule has 7 nitrogen and oxygen atoms in total. The van der Waals surface area contributed by atoms with E-state index < -0.39 is 5.63 Å². The van der Waals surface area contributed by atoms with Crippen LogP contribution in [0.3, 0.4) is 0 Å². The lowest BCUT2D eigenvalue weighted by molar-refractivity contribution is -0.144. The van der Waals surface area contributed by atoms with Crippen molar-refractivity contribution in [2.24, 2.45) is 0 Å². The number of esters is 1. The highest BCUT2D eigenvalue weighted by Gasteiger charge is 2.14. The number of carbonyl (C=O) groups excluding carboxylic acids is 1. The number of ether oxygens (including phenoxy) is 1. The number of carbonyl (C=O) groups is 1. The van der Waals surface area contributed by atoms with Crippen LogP contribution in [0.2, 0.25) is 0 Å². The van der Waals surface area contributed by atoms with Crippen LogP contribution in [-0.4, -0.2) is 20.6 Å². The van der Waals surface area contributed by atoms with E-state index in [2.05, 4.69) is 10.1 Å². The SMILES string of the molecule is CCc1ccc2c(COC(=O)CCc3c(C)nc4cc(C)nn4c3C)cc(=O)oc2c1. The third-order valence-electron chi connectivity index (χ3n) is 5.56. The second-order valence-corrected chi connectivity index (χ2v) is 7.75. The highest BCUT2D eigenvalue weighted by atomic mass is 16.5. The Balaban J connectivity index is 1.47. The van der Waals surface area contributed by atoms with Crippen LogP contribution in [0, 0.1) is 20.8 Å². The summed E-state index contributed by atoms with van der Waals surface area (Å²) in [5.74, 6) is -0.331. The molecular formula is C24H25N3O4. The predicted molar refractivity (Wildman–Crippen MR) is 117 cm³/mol. The summed E-state index contributed by atoms with van der Waals surface area (Å²) in [7, 11) is 0. The summed E-state index contributed by atoms with van der Waals surface area (Å²) in [5, 5.41) is 5.24. The summed E-state index contributed by atoms with van der Waals surface area (Å²) in [6.07, 6.45) is 1.57. The predicted octanol–water partition coefficient (Wildman–Crippen LogP) is 4.00. The van der Waals surface area contributed by atoms with Gasteiger partial charge in [-0.05, 0) is 50.8 Å². The molecule has 4 rings (SSSR count). The fourth-order valence-corrected chi connectivity index (χ4v) is 3.87. The van der Waals surface area contributed by atoms with Gasteiger partial charge in [0.15, 0.2) is 5.65 Å². The molecule has 0 bridgehead atoms. The van der Waals surface area contributed by atoms with Gasteiger partial charge in [-0.2, -0.15) is 5.10 Å². The molecule has 0 unspecified atom stereocenters. The fraction of sp³-hybridized carbons (Fsp3) is 0.333. The molecule has 0 N–H and O–H groups in total. The molecule has 160 valence electrons. The standard InChI is InChI=1S/C24H25N3O4/c1-5-17-6-7-20-18(12-24(29)31-21(20)11-17)13-30-23(28)9-8-19-15(3)25-22-10-14(2)26-27(22)16(19)4/h6-7,10-12H,5,8-9,13H2,1-4H3. The van der Waals surface area contributed by atoms with Crippen molar-refractivity contribution in [3.8, 4) is 0 Å². The first-order valence-corrected chi connectivity index (χ1v) is 10.4. The van der Waals surface area contributed by atoms with Gasteiger partial charge in [0.25, 0.3) is 0 Å². The number of hydrogen-bond acceptors (Lipinski definition) is 6. The van der Waals surface area contributed by atoms with E-state index >= 15 is 0 Å². The Hall–Kier alpha value is -3.48. The van der Waals surface area contributed by atoms with E-state index in [-0.39, 0.29) is 19.0 Å². The molecule has 0 atom stereocenters. The monoisotopic (exact) mass is 419 g/mol. The molecular weight excluding hydrogens is 394 g/mol. The summed E-state index contributed by atoms with van der Waals surface area (Å²) in [6.45, 7) is 7.91. The largest absolute Gasteiger partial charge is 0.461 e. The molecule has 7 heteroatoms. The average Bonchev–Trinajstić information content (AvgIpc) is 3.11. The molecule has 0 fully saturated rings. The first kappa shape index (κ1) is 20.8. The van der Waals surface area contributed by atoms with Crippen molar-refractivity contribution >= 4 is 22.6 Å². The zero-order valence-electron chi connectivity index (χ0n) is 18.2. The van der Waals surface area contributed by atoms with Crippen molar-refractivity contribution < 1.29 is 13.9 Å². The molecule has 0 radical (unpaired) electrons. The van der Waals surface area contributed by atoms with Gasteiger partial charge in [-0.1, -0.05) is 19.1 Å². The summed E-state index contributed by atoms with van der Waals surface area (Å²) in [5.41, 5.74) is 6.34. The number of hydrogen-bond donors (Lipinski definition) is 0. The molecule has 1 aromatic carbocycles. The molecule has 31 heavy (non-hydrogen) atoms. The first-order valence-electron chi connectivity index (χ1n) is 10.4. The smallest absolute Gasteiger partial charge is 0.336 e. The van der Waals surface area contributed by atoms with Gasteiger partial charge < -0.3 is 9.15 Å². The molecule has 0 saturated carbocycles. The Morgan fingerprint density at radius 3 is 2.74 bits per heavy atom. The van der Waals surface area contributed by atoms with Crippen LogP contribution in [0.4, 0.5) is 0 Å². The van der Waals surface area contributed by atoms with Gasteiger partial charge >= 0.3 is 11.6 Å². The van der Waals surface area contributed by atoms with Gasteiger partial charge in [-0.15, -0.1) is 0 Å². The quantitative estimate of drug-likeness (QED) is 0.347. The van der Waals surface area contributed by atoms with Gasteiger partial charge in [-0.3, -0.25) is 4.79 Å². The van der Waals surface area contributed by atoms with Crippen molar-refractivity contribution in [3.05, 3.63) is 74.5 Å². The Kier molecular flexibility index (Phi) is 5.59. The Morgan fingerprint density at radius 1 is 1.16 bits per heavy atom. The summed E-state index contributed by atoms with van der Waals surface area (Å²) < 4.78 is 12.6. The van der Waals surface area contributed by atoms with Gasteiger partial charge in [0.1, 0.15) is 12.2 Å². The Labute approximate surface area is 179 Å². The fourth-order valence-electron chi connectivity index (χ4n) is 3.87. The van der Waals surface area contributed by atoms with E-state index in [9.17, 15) is 9.59 Å². The molecule has 0 aliphatic heterocycles. The van der Waals surface area contributed by atoms with Crippen LogP contribution in [0.15, 0.2) is 39.5 Å². The summed E-state index contributed by atoms with van der Waals surface area (Å²) in [6, 6.07) is 9.06. The molecule has 3 heterocycles. The molecule has 0 amide bonds. The zero-order chi connectivity index (χ0) is 22.1. The molecule has 3 aromatic heterocycles. The zero-order valence-corrected chi connectivity index (χ0v) is 18.2. The van der Waals surface area contributed by atoms with Crippen LogP contribution in [0.5, 0.6) is 0 Å². The highest BCUT2D eigenvalue weighted by molar-refractivity contribution is 5.81. The number of aromatic nitrogens is 3. The van der Waals surface area contributed by atoms with Crippen molar-refractivity contribution in [1.82, 2.24) is 14.6 Å². The number of fused-ring (bicyclic) bond motifs is 2. The second kappa shape index (κ2) is 8.34. The van der Waals surface area contributed by atoms with E-state index in [1.165, 1.54) is 6.07 Å². The van der Waals surface area contributed by atoms with Crippen LogP contribution in [0.1, 0.15) is 47.1 Å². The van der Waals surface area contributed by atoms with Crippen molar-refractivity contribution in [1.29, 1.82) is 0 Å². The van der Waals surface area contributed by atoms with E-state index in [1.54, 1.807) is 0 Å². The minimum absolute atomic E-state index is 0.0278.